The fourth-order valence-corrected chi connectivity index (χ4v) is 0. The number of hydroxylamine groups is 3. The van der Waals surface area contributed by atoms with Gasteiger partial charge in [-0.05, 0) is 0 Å². The van der Waals surface area contributed by atoms with Gasteiger partial charge in [0.05, 0.1) is 14.1 Å². The summed E-state index contributed by atoms with van der Waals surface area (Å²) >= 11 is 0. The van der Waals surface area contributed by atoms with E-state index in [4.69, 9.17) is 0 Å². The molecule has 0 aliphatic rings. The SMILES string of the molecule is C[N+](C)([O-])C=O. The predicted octanol–water partition coefficient (Wildman–Crippen LogP) is -0.283. The van der Waals surface area contributed by atoms with E-state index in [9.17, 15) is 10.0 Å². The highest BCUT2D eigenvalue weighted by molar-refractivity contribution is 5.36. The van der Waals surface area contributed by atoms with E-state index < -0.39 is 4.65 Å². The van der Waals surface area contributed by atoms with Crippen LogP contribution in [0.3, 0.4) is 0 Å². The Morgan fingerprint density at radius 1 is 1.67 bits per heavy atom. The van der Waals surface area contributed by atoms with Crippen molar-refractivity contribution in [1.82, 2.24) is 0 Å². The third kappa shape index (κ3) is 3.59. The fourth-order valence-electron chi connectivity index (χ4n) is 0. The number of carbonyl (C=O) groups is 1. The quantitative estimate of drug-likeness (QED) is 0.252. The Morgan fingerprint density at radius 3 is 1.83 bits per heavy atom. The Labute approximate surface area is 36.3 Å². The second-order valence-electron chi connectivity index (χ2n) is 1.54. The molecule has 0 radical (unpaired) electrons. The molecule has 0 saturated heterocycles. The Kier molecular flexibility index (Phi) is 1.27. The number of carbonyl (C=O) groups excluding carboxylic acids is 1. The molecule has 0 aromatic rings. The molecule has 3 nitrogen and oxygen atoms in total. The minimum Gasteiger partial charge on any atom is -0.626 e. The second kappa shape index (κ2) is 1.36. The fraction of sp³-hybridized carbons (Fsp3) is 0.667. The van der Waals surface area contributed by atoms with Gasteiger partial charge >= 0.3 is 6.41 Å². The minimum atomic E-state index is -0.861. The summed E-state index contributed by atoms with van der Waals surface area (Å²) in [6.07, 6.45) is 0.319. The lowest BCUT2D eigenvalue weighted by Crippen LogP contribution is -2.29. The van der Waals surface area contributed by atoms with Crippen molar-refractivity contribution < 1.29 is 9.44 Å². The van der Waals surface area contributed by atoms with E-state index in [1.54, 1.807) is 0 Å². The third-order valence-electron chi connectivity index (χ3n) is 0.254. The molecule has 0 atom stereocenters. The summed E-state index contributed by atoms with van der Waals surface area (Å²) in [6.45, 7) is 0. The Bertz CT molecular complexity index is 54.3. The third-order valence-corrected chi connectivity index (χ3v) is 0.254. The minimum absolute atomic E-state index is 0.319. The lowest BCUT2D eigenvalue weighted by molar-refractivity contribution is -0.749. The van der Waals surface area contributed by atoms with Crippen molar-refractivity contribution in [3.05, 3.63) is 5.21 Å². The van der Waals surface area contributed by atoms with Gasteiger partial charge in [-0.3, -0.25) is 0 Å². The summed E-state index contributed by atoms with van der Waals surface area (Å²) in [7, 11) is 2.51. The molecule has 6 heavy (non-hydrogen) atoms. The number of hydrogen-bond donors (Lipinski definition) is 0. The Hall–Kier alpha value is -0.410. The summed E-state index contributed by atoms with van der Waals surface area (Å²) in [5.74, 6) is 0. The van der Waals surface area contributed by atoms with Crippen LogP contribution in [0.1, 0.15) is 0 Å². The van der Waals surface area contributed by atoms with Crippen LogP contribution in [0.4, 0.5) is 0 Å². The van der Waals surface area contributed by atoms with E-state index in [0.717, 1.165) is 0 Å². The molecule has 0 rings (SSSR count). The molecule has 0 unspecified atom stereocenters. The molecule has 3 heteroatoms. The lowest BCUT2D eigenvalue weighted by atomic mass is 10.9. The average molecular weight is 89.1 g/mol. The number of amides is 1. The molecule has 0 aliphatic heterocycles. The van der Waals surface area contributed by atoms with Crippen LogP contribution in [0.5, 0.6) is 0 Å². The molecule has 0 heterocycles. The molecule has 0 fully saturated rings. The molecular formula is C3H7NO2. The van der Waals surface area contributed by atoms with Gasteiger partial charge in [-0.15, -0.1) is 0 Å². The monoisotopic (exact) mass is 89.0 g/mol. The summed E-state index contributed by atoms with van der Waals surface area (Å²) in [5, 5.41) is 10.0. The van der Waals surface area contributed by atoms with Crippen molar-refractivity contribution in [3.8, 4) is 0 Å². The molecule has 0 N–H and O–H groups in total. The predicted molar refractivity (Wildman–Crippen MR) is 21.5 cm³/mol. The molecule has 0 aromatic carbocycles. The molecule has 0 bridgehead atoms. The van der Waals surface area contributed by atoms with Crippen LogP contribution in [0.25, 0.3) is 0 Å². The maximum Gasteiger partial charge on any atom is 0.301 e. The Morgan fingerprint density at radius 2 is 1.83 bits per heavy atom. The van der Waals surface area contributed by atoms with Crippen LogP contribution in [-0.2, 0) is 4.79 Å². The van der Waals surface area contributed by atoms with Gasteiger partial charge < -0.3 is 9.85 Å². The molecule has 1 amide bonds. The van der Waals surface area contributed by atoms with Gasteiger partial charge in [0.25, 0.3) is 0 Å². The topological polar surface area (TPSA) is 40.1 Å². The van der Waals surface area contributed by atoms with E-state index in [-0.39, 0.29) is 0 Å². The summed E-state index contributed by atoms with van der Waals surface area (Å²) in [6, 6.07) is 0. The first-order valence-corrected chi connectivity index (χ1v) is 1.57. The van der Waals surface area contributed by atoms with Gasteiger partial charge in [0.2, 0.25) is 0 Å². The largest absolute Gasteiger partial charge is 0.626 e. The second-order valence-corrected chi connectivity index (χ2v) is 1.54. The van der Waals surface area contributed by atoms with Crippen LogP contribution in [0, 0.1) is 5.21 Å². The van der Waals surface area contributed by atoms with Gasteiger partial charge in [0.15, 0.2) is 0 Å². The highest BCUT2D eigenvalue weighted by atomic mass is 16.5. The van der Waals surface area contributed by atoms with Crippen molar-refractivity contribution >= 4 is 6.41 Å². The van der Waals surface area contributed by atoms with E-state index >= 15 is 0 Å². The lowest BCUT2D eigenvalue weighted by Gasteiger charge is -2.23. The van der Waals surface area contributed by atoms with E-state index in [1.165, 1.54) is 14.1 Å². The molecule has 0 spiro atoms. The van der Waals surface area contributed by atoms with Crippen molar-refractivity contribution in [3.63, 3.8) is 0 Å². The zero-order valence-electron chi connectivity index (χ0n) is 3.84. The number of hydrogen-bond acceptors (Lipinski definition) is 2. The van der Waals surface area contributed by atoms with Crippen LogP contribution in [-0.4, -0.2) is 25.2 Å². The summed E-state index contributed by atoms with van der Waals surface area (Å²) in [4.78, 5) is 9.49. The smallest absolute Gasteiger partial charge is 0.301 e. The molecule has 0 saturated carbocycles. The molecule has 36 valence electrons. The first-order chi connectivity index (χ1) is 2.56. The summed E-state index contributed by atoms with van der Waals surface area (Å²) < 4.78 is -0.861. The standard InChI is InChI=1S/C3H7NO2/c1-4(2,6)3-5/h3H,1-2H3. The number of quaternary nitrogens is 1. The van der Waals surface area contributed by atoms with Crippen molar-refractivity contribution in [2.45, 2.75) is 0 Å². The van der Waals surface area contributed by atoms with Gasteiger partial charge in [-0.25, -0.2) is 4.79 Å². The molecule has 0 aliphatic carbocycles. The number of nitrogens with zero attached hydrogens (tertiary/aromatic N) is 1. The summed E-state index contributed by atoms with van der Waals surface area (Å²) in [5.41, 5.74) is 0. The molecular weight excluding hydrogens is 82.0 g/mol. The molecule has 0 aromatic heterocycles. The van der Waals surface area contributed by atoms with Crippen molar-refractivity contribution in [2.24, 2.45) is 0 Å². The van der Waals surface area contributed by atoms with E-state index in [0.29, 0.717) is 6.41 Å². The van der Waals surface area contributed by atoms with Crippen LogP contribution in [0.15, 0.2) is 0 Å². The van der Waals surface area contributed by atoms with E-state index in [2.05, 4.69) is 0 Å². The first-order valence-electron chi connectivity index (χ1n) is 1.57. The zero-order valence-corrected chi connectivity index (χ0v) is 3.84. The number of rotatable bonds is 1. The highest BCUT2D eigenvalue weighted by Crippen LogP contribution is 1.79. The average Bonchev–Trinajstić information content (AvgIpc) is 1.35. The Balaban J connectivity index is 3.45. The first kappa shape index (κ1) is 5.59. The van der Waals surface area contributed by atoms with Gasteiger partial charge in [0, 0.05) is 0 Å². The van der Waals surface area contributed by atoms with Crippen molar-refractivity contribution in [1.29, 1.82) is 0 Å². The zero-order chi connectivity index (χ0) is 5.21. The van der Waals surface area contributed by atoms with Gasteiger partial charge in [-0.1, -0.05) is 0 Å². The normalized spacial score (nSPS) is 11.2. The highest BCUT2D eigenvalue weighted by Gasteiger charge is 1.91. The van der Waals surface area contributed by atoms with Crippen LogP contribution < -0.4 is 0 Å². The van der Waals surface area contributed by atoms with Gasteiger partial charge in [0.1, 0.15) is 0 Å². The maximum absolute atomic E-state index is 10.0. The van der Waals surface area contributed by atoms with Crippen molar-refractivity contribution in [2.75, 3.05) is 14.1 Å². The maximum atomic E-state index is 10.0. The van der Waals surface area contributed by atoms with E-state index in [1.807, 2.05) is 0 Å². The van der Waals surface area contributed by atoms with Crippen LogP contribution in [0.2, 0.25) is 0 Å². The van der Waals surface area contributed by atoms with Crippen LogP contribution >= 0.6 is 0 Å². The van der Waals surface area contributed by atoms with Gasteiger partial charge in [-0.2, -0.15) is 0 Å².